The standard InChI is InChI=1S/C17H24N4O2/c1-5-21-13(8-9-20-21)11-19-15-10-12(6-7-14(15)18)16(22)23-17(2,3)4/h6-10,19H,5,11,18H2,1-4H3. The van der Waals surface area contributed by atoms with E-state index in [4.69, 9.17) is 10.5 Å². The normalized spacial score (nSPS) is 11.3. The summed E-state index contributed by atoms with van der Waals surface area (Å²) in [7, 11) is 0. The lowest BCUT2D eigenvalue weighted by Crippen LogP contribution is -2.24. The molecule has 6 nitrogen and oxygen atoms in total. The van der Waals surface area contributed by atoms with Crippen molar-refractivity contribution in [3.63, 3.8) is 0 Å². The highest BCUT2D eigenvalue weighted by Gasteiger charge is 2.18. The zero-order valence-electron chi connectivity index (χ0n) is 14.1. The molecule has 0 amide bonds. The number of hydrogen-bond donors (Lipinski definition) is 2. The third-order valence-electron chi connectivity index (χ3n) is 3.25. The number of ether oxygens (including phenoxy) is 1. The lowest BCUT2D eigenvalue weighted by molar-refractivity contribution is 0.00696. The van der Waals surface area contributed by atoms with E-state index in [2.05, 4.69) is 10.4 Å². The summed E-state index contributed by atoms with van der Waals surface area (Å²) >= 11 is 0. The average Bonchev–Trinajstić information content (AvgIpc) is 2.92. The molecule has 0 unspecified atom stereocenters. The second-order valence-corrected chi connectivity index (χ2v) is 6.30. The highest BCUT2D eigenvalue weighted by atomic mass is 16.6. The number of esters is 1. The van der Waals surface area contributed by atoms with Gasteiger partial charge in [-0.15, -0.1) is 0 Å². The molecule has 0 aliphatic carbocycles. The van der Waals surface area contributed by atoms with E-state index in [1.165, 1.54) is 0 Å². The molecule has 0 atom stereocenters. The molecule has 0 spiro atoms. The first-order chi connectivity index (χ1) is 10.8. The number of carbonyl (C=O) groups excluding carboxylic acids is 1. The van der Waals surface area contributed by atoms with Crippen molar-refractivity contribution < 1.29 is 9.53 Å². The Kier molecular flexibility index (Phi) is 4.93. The minimum Gasteiger partial charge on any atom is -0.456 e. The molecule has 0 bridgehead atoms. The van der Waals surface area contributed by atoms with Crippen LogP contribution in [0.15, 0.2) is 30.5 Å². The van der Waals surface area contributed by atoms with Crippen LogP contribution in [0, 0.1) is 0 Å². The van der Waals surface area contributed by atoms with Crippen molar-refractivity contribution in [2.45, 2.75) is 46.4 Å². The van der Waals surface area contributed by atoms with Gasteiger partial charge in [-0.1, -0.05) is 0 Å². The van der Waals surface area contributed by atoms with E-state index < -0.39 is 5.60 Å². The Hall–Kier alpha value is -2.50. The van der Waals surface area contributed by atoms with Crippen molar-refractivity contribution >= 4 is 17.3 Å². The van der Waals surface area contributed by atoms with E-state index in [0.29, 0.717) is 23.5 Å². The first-order valence-electron chi connectivity index (χ1n) is 7.67. The van der Waals surface area contributed by atoms with E-state index in [0.717, 1.165) is 12.2 Å². The summed E-state index contributed by atoms with van der Waals surface area (Å²) in [5.41, 5.74) is 8.27. The average molecular weight is 316 g/mol. The van der Waals surface area contributed by atoms with Crippen LogP contribution >= 0.6 is 0 Å². The van der Waals surface area contributed by atoms with E-state index in [1.807, 2.05) is 38.4 Å². The largest absolute Gasteiger partial charge is 0.456 e. The van der Waals surface area contributed by atoms with Crippen LogP contribution in [-0.2, 0) is 17.8 Å². The number of nitrogen functional groups attached to an aromatic ring is 1. The van der Waals surface area contributed by atoms with Gasteiger partial charge in [0.05, 0.1) is 29.2 Å². The second-order valence-electron chi connectivity index (χ2n) is 6.30. The Morgan fingerprint density at radius 3 is 2.74 bits per heavy atom. The van der Waals surface area contributed by atoms with E-state index in [-0.39, 0.29) is 5.97 Å². The van der Waals surface area contributed by atoms with Crippen LogP contribution < -0.4 is 11.1 Å². The van der Waals surface area contributed by atoms with E-state index >= 15 is 0 Å². The smallest absolute Gasteiger partial charge is 0.338 e. The van der Waals surface area contributed by atoms with Gasteiger partial charge in [-0.2, -0.15) is 5.10 Å². The summed E-state index contributed by atoms with van der Waals surface area (Å²) in [5.74, 6) is -0.362. The highest BCUT2D eigenvalue weighted by Crippen LogP contribution is 2.22. The number of hydrogen-bond acceptors (Lipinski definition) is 5. The van der Waals surface area contributed by atoms with Crippen LogP contribution in [0.4, 0.5) is 11.4 Å². The summed E-state index contributed by atoms with van der Waals surface area (Å²) in [6.07, 6.45) is 1.76. The molecule has 124 valence electrons. The fourth-order valence-electron chi connectivity index (χ4n) is 2.15. The van der Waals surface area contributed by atoms with Gasteiger partial charge in [-0.3, -0.25) is 4.68 Å². The van der Waals surface area contributed by atoms with Gasteiger partial charge in [0.1, 0.15) is 5.60 Å². The summed E-state index contributed by atoms with van der Waals surface area (Å²) in [6.45, 7) is 8.94. The molecule has 0 fully saturated rings. The number of anilines is 2. The van der Waals surface area contributed by atoms with Crippen LogP contribution in [0.3, 0.4) is 0 Å². The van der Waals surface area contributed by atoms with E-state index in [1.54, 1.807) is 24.4 Å². The third-order valence-corrected chi connectivity index (χ3v) is 3.25. The number of nitrogens with zero attached hydrogens (tertiary/aromatic N) is 2. The van der Waals surface area contributed by atoms with Gasteiger partial charge in [-0.05, 0) is 52.0 Å². The quantitative estimate of drug-likeness (QED) is 0.654. The van der Waals surface area contributed by atoms with E-state index in [9.17, 15) is 4.79 Å². The molecule has 1 aromatic carbocycles. The van der Waals surface area contributed by atoms with Gasteiger partial charge >= 0.3 is 5.97 Å². The number of nitrogens with two attached hydrogens (primary N) is 1. The number of aryl methyl sites for hydroxylation is 1. The topological polar surface area (TPSA) is 82.2 Å². The molecule has 2 rings (SSSR count). The second kappa shape index (κ2) is 6.73. The number of rotatable bonds is 5. The monoisotopic (exact) mass is 316 g/mol. The van der Waals surface area contributed by atoms with Gasteiger partial charge in [-0.25, -0.2) is 4.79 Å². The predicted molar refractivity (Wildman–Crippen MR) is 91.3 cm³/mol. The third kappa shape index (κ3) is 4.48. The molecular formula is C17H24N4O2. The molecule has 3 N–H and O–H groups in total. The number of aromatic nitrogens is 2. The Bertz CT molecular complexity index is 686. The molecule has 0 saturated heterocycles. The van der Waals surface area contributed by atoms with Gasteiger partial charge in [0.2, 0.25) is 0 Å². The first kappa shape index (κ1) is 16.9. The molecule has 1 aromatic heterocycles. The maximum atomic E-state index is 12.2. The van der Waals surface area contributed by atoms with Crippen molar-refractivity contribution in [3.8, 4) is 0 Å². The lowest BCUT2D eigenvalue weighted by Gasteiger charge is -2.20. The SMILES string of the molecule is CCn1nccc1CNc1cc(C(=O)OC(C)(C)C)ccc1N. The van der Waals surface area contributed by atoms with Crippen LogP contribution in [0.25, 0.3) is 0 Å². The fraction of sp³-hybridized carbons (Fsp3) is 0.412. The molecule has 0 radical (unpaired) electrons. The molecular weight excluding hydrogens is 292 g/mol. The number of benzene rings is 1. The molecule has 0 saturated carbocycles. The zero-order chi connectivity index (χ0) is 17.0. The molecule has 23 heavy (non-hydrogen) atoms. The van der Waals surface area contributed by atoms with Crippen LogP contribution in [0.2, 0.25) is 0 Å². The first-order valence-corrected chi connectivity index (χ1v) is 7.67. The summed E-state index contributed by atoms with van der Waals surface area (Å²) in [4.78, 5) is 12.2. The van der Waals surface area contributed by atoms with Gasteiger partial charge in [0, 0.05) is 12.7 Å². The maximum absolute atomic E-state index is 12.2. The van der Waals surface area contributed by atoms with Gasteiger partial charge < -0.3 is 15.8 Å². The molecule has 6 heteroatoms. The van der Waals surface area contributed by atoms with Crippen molar-refractivity contribution in [1.82, 2.24) is 9.78 Å². The fourth-order valence-corrected chi connectivity index (χ4v) is 2.15. The maximum Gasteiger partial charge on any atom is 0.338 e. The van der Waals surface area contributed by atoms with Crippen molar-refractivity contribution in [2.75, 3.05) is 11.1 Å². The Balaban J connectivity index is 2.13. The molecule has 0 aliphatic heterocycles. The van der Waals surface area contributed by atoms with Crippen LogP contribution in [-0.4, -0.2) is 21.4 Å². The molecule has 2 aromatic rings. The minimum absolute atomic E-state index is 0.362. The summed E-state index contributed by atoms with van der Waals surface area (Å²) < 4.78 is 7.29. The minimum atomic E-state index is -0.528. The highest BCUT2D eigenvalue weighted by molar-refractivity contribution is 5.92. The zero-order valence-corrected chi connectivity index (χ0v) is 14.1. The van der Waals surface area contributed by atoms with Crippen molar-refractivity contribution in [1.29, 1.82) is 0 Å². The Morgan fingerprint density at radius 1 is 1.35 bits per heavy atom. The summed E-state index contributed by atoms with van der Waals surface area (Å²) in [6, 6.07) is 7.05. The van der Waals surface area contributed by atoms with Crippen LogP contribution in [0.1, 0.15) is 43.7 Å². The number of carbonyl (C=O) groups is 1. The molecule has 0 aliphatic rings. The van der Waals surface area contributed by atoms with Gasteiger partial charge in [0.15, 0.2) is 0 Å². The Labute approximate surface area is 136 Å². The van der Waals surface area contributed by atoms with Crippen LogP contribution in [0.5, 0.6) is 0 Å². The predicted octanol–water partition coefficient (Wildman–Crippen LogP) is 3.05. The summed E-state index contributed by atoms with van der Waals surface area (Å²) in [5, 5.41) is 7.48. The lowest BCUT2D eigenvalue weighted by atomic mass is 10.1. The number of nitrogens with one attached hydrogen (secondary N) is 1. The Morgan fingerprint density at radius 2 is 2.09 bits per heavy atom. The molecule has 1 heterocycles. The van der Waals surface area contributed by atoms with Crippen molar-refractivity contribution in [2.24, 2.45) is 0 Å². The van der Waals surface area contributed by atoms with Gasteiger partial charge in [0.25, 0.3) is 0 Å². The van der Waals surface area contributed by atoms with Crippen molar-refractivity contribution in [3.05, 3.63) is 41.7 Å².